The van der Waals surface area contributed by atoms with Gasteiger partial charge in [-0.2, -0.15) is 0 Å². The van der Waals surface area contributed by atoms with Crippen molar-refractivity contribution >= 4 is 22.6 Å². The third kappa shape index (κ3) is 16.4. The molecule has 0 aliphatic carbocycles. The summed E-state index contributed by atoms with van der Waals surface area (Å²) in [6.45, 7) is 21.4. The first kappa shape index (κ1) is 30.0. The van der Waals surface area contributed by atoms with E-state index < -0.39 is 21.8 Å². The van der Waals surface area contributed by atoms with Gasteiger partial charge < -0.3 is 15.4 Å². The highest BCUT2D eigenvalue weighted by atomic mass is 32.2. The molecule has 184 valence electrons. The van der Waals surface area contributed by atoms with Crippen LogP contribution >= 0.6 is 0 Å². The minimum atomic E-state index is -0.946. The second kappa shape index (κ2) is 12.3. The van der Waals surface area contributed by atoms with E-state index >= 15 is 0 Å². The van der Waals surface area contributed by atoms with Crippen LogP contribution < -0.4 is 10.6 Å². The molecular formula is C24H48N2O4S. The lowest BCUT2D eigenvalue weighted by molar-refractivity contribution is -0.136. The molecule has 0 aromatic carbocycles. The average Bonchev–Trinajstić information content (AvgIpc) is 2.56. The molecule has 31 heavy (non-hydrogen) atoms. The smallest absolute Gasteiger partial charge is 0.228 e. The van der Waals surface area contributed by atoms with Crippen molar-refractivity contribution in [3.05, 3.63) is 0 Å². The number of rotatable bonds is 13. The zero-order valence-corrected chi connectivity index (χ0v) is 22.5. The molecule has 0 aromatic rings. The van der Waals surface area contributed by atoms with E-state index in [-0.39, 0.29) is 29.3 Å². The molecule has 0 spiro atoms. The Labute approximate surface area is 193 Å². The largest absolute Gasteiger partial charge is 0.374 e. The Hall–Kier alpha value is -0.950. The van der Waals surface area contributed by atoms with E-state index in [1.165, 1.54) is 0 Å². The van der Waals surface area contributed by atoms with Crippen LogP contribution in [0.25, 0.3) is 0 Å². The van der Waals surface area contributed by atoms with Gasteiger partial charge in [-0.3, -0.25) is 13.8 Å². The lowest BCUT2D eigenvalue weighted by Gasteiger charge is -2.31. The minimum Gasteiger partial charge on any atom is -0.374 e. The van der Waals surface area contributed by atoms with Gasteiger partial charge in [-0.05, 0) is 51.4 Å². The fourth-order valence-corrected chi connectivity index (χ4v) is 4.11. The predicted octanol–water partition coefficient (Wildman–Crippen LogP) is 4.05. The maximum atomic E-state index is 12.6. The third-order valence-corrected chi connectivity index (χ3v) is 6.65. The lowest BCUT2D eigenvalue weighted by Crippen LogP contribution is -2.44. The summed E-state index contributed by atoms with van der Waals surface area (Å²) in [6.07, 6.45) is 2.04. The molecule has 0 bridgehead atoms. The van der Waals surface area contributed by atoms with Crippen molar-refractivity contribution in [1.29, 1.82) is 0 Å². The molecule has 0 aliphatic heterocycles. The number of ether oxygens (including phenoxy) is 1. The summed E-state index contributed by atoms with van der Waals surface area (Å²) < 4.78 is 18.1. The van der Waals surface area contributed by atoms with Gasteiger partial charge in [-0.25, -0.2) is 0 Å². The predicted molar refractivity (Wildman–Crippen MR) is 130 cm³/mol. The molecule has 1 atom stereocenters. The lowest BCUT2D eigenvalue weighted by atomic mass is 9.90. The number of carbonyl (C=O) groups excluding carboxylic acids is 2. The van der Waals surface area contributed by atoms with E-state index in [9.17, 15) is 13.8 Å². The van der Waals surface area contributed by atoms with Gasteiger partial charge in [0.15, 0.2) is 0 Å². The molecule has 2 amide bonds. The Balaban J connectivity index is 4.31. The van der Waals surface area contributed by atoms with E-state index in [2.05, 4.69) is 52.2 Å². The van der Waals surface area contributed by atoms with Crippen LogP contribution in [0.2, 0.25) is 0 Å². The minimum absolute atomic E-state index is 0.0135. The zero-order chi connectivity index (χ0) is 24.5. The molecule has 0 saturated carbocycles. The number of nitrogens with one attached hydrogen (secondary N) is 2. The van der Waals surface area contributed by atoms with Crippen molar-refractivity contribution in [1.82, 2.24) is 10.6 Å². The van der Waals surface area contributed by atoms with E-state index in [0.29, 0.717) is 37.4 Å². The standard InChI is InChI=1S/C24H48N2O4S/c1-21(2,3)12-11-19(27)25-14-13-24(9,10)30-17-23(7,8)20(28)26-15-16-31(29)18-22(4,5)6/h11-18H2,1-10H3,(H,25,27)(H,26,28). The third-order valence-electron chi connectivity index (χ3n) is 4.80. The van der Waals surface area contributed by atoms with Crippen molar-refractivity contribution in [3.63, 3.8) is 0 Å². The fraction of sp³-hybridized carbons (Fsp3) is 0.917. The average molecular weight is 461 g/mol. The fourth-order valence-electron chi connectivity index (χ4n) is 2.67. The Morgan fingerprint density at radius 2 is 1.39 bits per heavy atom. The van der Waals surface area contributed by atoms with E-state index in [1.54, 1.807) is 0 Å². The van der Waals surface area contributed by atoms with Crippen LogP contribution in [0.5, 0.6) is 0 Å². The molecule has 0 radical (unpaired) electrons. The first-order valence-electron chi connectivity index (χ1n) is 11.4. The van der Waals surface area contributed by atoms with Crippen LogP contribution in [0.1, 0.15) is 88.5 Å². The summed E-state index contributed by atoms with van der Waals surface area (Å²) >= 11 is 0. The van der Waals surface area contributed by atoms with Gasteiger partial charge in [0.05, 0.1) is 17.6 Å². The highest BCUT2D eigenvalue weighted by Crippen LogP contribution is 2.23. The second-order valence-corrected chi connectivity index (χ2v) is 13.8. The maximum Gasteiger partial charge on any atom is 0.228 e. The van der Waals surface area contributed by atoms with Gasteiger partial charge in [0, 0.05) is 41.8 Å². The number of amides is 2. The van der Waals surface area contributed by atoms with Crippen LogP contribution in [0.4, 0.5) is 0 Å². The molecule has 0 rings (SSSR count). The molecule has 0 aliphatic rings. The van der Waals surface area contributed by atoms with Crippen molar-refractivity contribution in [2.24, 2.45) is 16.2 Å². The van der Waals surface area contributed by atoms with Crippen LogP contribution in [0, 0.1) is 16.2 Å². The van der Waals surface area contributed by atoms with E-state index in [0.717, 1.165) is 6.42 Å². The van der Waals surface area contributed by atoms with Gasteiger partial charge in [-0.1, -0.05) is 41.5 Å². The molecule has 0 saturated heterocycles. The SMILES string of the molecule is CC(C)(C)CCC(=O)NCCC(C)(C)OCC(C)(C)C(=O)NCCS(=O)CC(C)(C)C. The van der Waals surface area contributed by atoms with Crippen molar-refractivity contribution in [2.45, 2.75) is 94.1 Å². The summed E-state index contributed by atoms with van der Waals surface area (Å²) in [4.78, 5) is 24.5. The number of hydrogen-bond donors (Lipinski definition) is 2. The topological polar surface area (TPSA) is 84.5 Å². The Morgan fingerprint density at radius 3 is 1.90 bits per heavy atom. The zero-order valence-electron chi connectivity index (χ0n) is 21.7. The summed E-state index contributed by atoms with van der Waals surface area (Å²) in [5.74, 6) is 1.04. The van der Waals surface area contributed by atoms with Gasteiger partial charge in [0.25, 0.3) is 0 Å². The Kier molecular flexibility index (Phi) is 12.0. The highest BCUT2D eigenvalue weighted by molar-refractivity contribution is 7.85. The van der Waals surface area contributed by atoms with Crippen LogP contribution in [0.3, 0.4) is 0 Å². The van der Waals surface area contributed by atoms with Crippen LogP contribution in [-0.4, -0.2) is 52.8 Å². The quantitative estimate of drug-likeness (QED) is 0.434. The van der Waals surface area contributed by atoms with Gasteiger partial charge >= 0.3 is 0 Å². The molecule has 7 heteroatoms. The van der Waals surface area contributed by atoms with Gasteiger partial charge in [0.1, 0.15) is 0 Å². The summed E-state index contributed by atoms with van der Waals surface area (Å²) in [5.41, 5.74) is -0.991. The van der Waals surface area contributed by atoms with E-state index in [4.69, 9.17) is 4.74 Å². The number of hydrogen-bond acceptors (Lipinski definition) is 4. The summed E-state index contributed by atoms with van der Waals surface area (Å²) in [5, 5.41) is 5.85. The monoisotopic (exact) mass is 460 g/mol. The molecule has 0 heterocycles. The molecule has 0 fully saturated rings. The first-order chi connectivity index (χ1) is 13.8. The summed E-state index contributed by atoms with van der Waals surface area (Å²) in [7, 11) is -0.946. The normalized spacial score (nSPS) is 14.3. The van der Waals surface area contributed by atoms with Crippen molar-refractivity contribution < 1.29 is 18.5 Å². The molecule has 2 N–H and O–H groups in total. The van der Waals surface area contributed by atoms with Crippen LogP contribution in [-0.2, 0) is 25.1 Å². The Morgan fingerprint density at radius 1 is 0.806 bits per heavy atom. The highest BCUT2D eigenvalue weighted by Gasteiger charge is 2.31. The number of carbonyl (C=O) groups is 2. The van der Waals surface area contributed by atoms with Crippen LogP contribution in [0.15, 0.2) is 0 Å². The van der Waals surface area contributed by atoms with Gasteiger partial charge in [-0.15, -0.1) is 0 Å². The van der Waals surface area contributed by atoms with Crippen molar-refractivity contribution in [3.8, 4) is 0 Å². The Bertz CT molecular complexity index is 602. The molecular weight excluding hydrogens is 412 g/mol. The maximum absolute atomic E-state index is 12.6. The van der Waals surface area contributed by atoms with Crippen molar-refractivity contribution in [2.75, 3.05) is 31.2 Å². The molecule has 1 unspecified atom stereocenters. The van der Waals surface area contributed by atoms with Gasteiger partial charge in [0.2, 0.25) is 11.8 Å². The molecule has 6 nitrogen and oxygen atoms in total. The summed E-state index contributed by atoms with van der Waals surface area (Å²) in [6, 6.07) is 0. The van der Waals surface area contributed by atoms with E-state index in [1.807, 2.05) is 27.7 Å². The first-order valence-corrected chi connectivity index (χ1v) is 12.9. The molecule has 0 aromatic heterocycles. The second-order valence-electron chi connectivity index (χ2n) is 12.2.